The molecule has 3 aromatic rings. The van der Waals surface area contributed by atoms with Gasteiger partial charge in [-0.1, -0.05) is 48.0 Å². The van der Waals surface area contributed by atoms with Crippen molar-refractivity contribution in [3.63, 3.8) is 0 Å². The molecule has 3 heteroatoms. The van der Waals surface area contributed by atoms with Crippen LogP contribution in [-0.2, 0) is 6.42 Å². The first kappa shape index (κ1) is 13.1. The minimum Gasteiger partial charge on any atom is -0.388 e. The number of para-hydroxylation sites is 1. The van der Waals surface area contributed by atoms with E-state index in [1.807, 2.05) is 48.5 Å². The number of fused-ring (bicyclic) bond motifs is 1. The van der Waals surface area contributed by atoms with Gasteiger partial charge in [-0.25, -0.2) is 0 Å². The zero-order valence-electron chi connectivity index (χ0n) is 10.8. The molecule has 20 heavy (non-hydrogen) atoms. The molecule has 0 saturated carbocycles. The molecule has 0 bridgehead atoms. The van der Waals surface area contributed by atoms with E-state index in [0.717, 1.165) is 22.2 Å². The smallest absolute Gasteiger partial charge is 0.0845 e. The molecule has 1 atom stereocenters. The molecule has 0 saturated heterocycles. The van der Waals surface area contributed by atoms with Crippen LogP contribution in [-0.4, -0.2) is 10.1 Å². The molecule has 0 aliphatic carbocycles. The molecule has 2 aromatic carbocycles. The van der Waals surface area contributed by atoms with Crippen molar-refractivity contribution in [1.82, 2.24) is 4.98 Å². The summed E-state index contributed by atoms with van der Waals surface area (Å²) in [4.78, 5) is 4.57. The second-order valence-electron chi connectivity index (χ2n) is 4.77. The van der Waals surface area contributed by atoms with Gasteiger partial charge in [-0.05, 0) is 29.8 Å². The number of hydrogen-bond donors (Lipinski definition) is 1. The van der Waals surface area contributed by atoms with Crippen molar-refractivity contribution in [3.8, 4) is 0 Å². The summed E-state index contributed by atoms with van der Waals surface area (Å²) in [7, 11) is 0. The predicted molar refractivity (Wildman–Crippen MR) is 81.9 cm³/mol. The Hall–Kier alpha value is -1.90. The van der Waals surface area contributed by atoms with E-state index < -0.39 is 6.10 Å². The molecule has 0 aliphatic heterocycles. The molecule has 3 rings (SSSR count). The fourth-order valence-corrected chi connectivity index (χ4v) is 2.45. The van der Waals surface area contributed by atoms with Gasteiger partial charge >= 0.3 is 0 Å². The minimum absolute atomic E-state index is 0.477. The molecule has 0 aliphatic rings. The zero-order chi connectivity index (χ0) is 13.9. The zero-order valence-corrected chi connectivity index (χ0v) is 11.6. The predicted octanol–water partition coefficient (Wildman–Crippen LogP) is 4.16. The Morgan fingerprint density at radius 1 is 1.00 bits per heavy atom. The van der Waals surface area contributed by atoms with Gasteiger partial charge in [-0.15, -0.1) is 0 Å². The van der Waals surface area contributed by atoms with Crippen LogP contribution in [0.1, 0.15) is 17.4 Å². The van der Waals surface area contributed by atoms with E-state index in [4.69, 9.17) is 11.6 Å². The van der Waals surface area contributed by atoms with Crippen molar-refractivity contribution in [2.75, 3.05) is 0 Å². The molecule has 2 nitrogen and oxygen atoms in total. The highest BCUT2D eigenvalue weighted by Crippen LogP contribution is 2.21. The van der Waals surface area contributed by atoms with Crippen molar-refractivity contribution in [2.24, 2.45) is 0 Å². The lowest BCUT2D eigenvalue weighted by atomic mass is 10.0. The molecule has 1 unspecified atom stereocenters. The molecule has 0 radical (unpaired) electrons. The molecule has 1 N–H and O–H groups in total. The molecule has 1 heterocycles. The van der Waals surface area contributed by atoms with Crippen LogP contribution in [0, 0.1) is 0 Å². The minimum atomic E-state index is -0.595. The summed E-state index contributed by atoms with van der Waals surface area (Å²) >= 11 is 5.94. The maximum Gasteiger partial charge on any atom is 0.0845 e. The summed E-state index contributed by atoms with van der Waals surface area (Å²) in [5, 5.41) is 12.0. The third-order valence-electron chi connectivity index (χ3n) is 3.29. The fourth-order valence-electron chi connectivity index (χ4n) is 2.25. The summed E-state index contributed by atoms with van der Waals surface area (Å²) in [6.45, 7) is 0. The second-order valence-corrected chi connectivity index (χ2v) is 5.21. The number of hydrogen-bond acceptors (Lipinski definition) is 2. The van der Waals surface area contributed by atoms with Crippen molar-refractivity contribution in [3.05, 3.63) is 76.9 Å². The van der Waals surface area contributed by atoms with Crippen molar-refractivity contribution in [1.29, 1.82) is 0 Å². The first-order valence-corrected chi connectivity index (χ1v) is 6.88. The van der Waals surface area contributed by atoms with Crippen LogP contribution in [0.25, 0.3) is 10.9 Å². The van der Waals surface area contributed by atoms with Gasteiger partial charge in [0, 0.05) is 22.5 Å². The van der Waals surface area contributed by atoms with E-state index in [-0.39, 0.29) is 0 Å². The summed E-state index contributed by atoms with van der Waals surface area (Å²) in [6.07, 6.45) is -0.118. The lowest BCUT2D eigenvalue weighted by Crippen LogP contribution is -2.03. The number of benzene rings is 2. The monoisotopic (exact) mass is 283 g/mol. The molecule has 0 spiro atoms. The van der Waals surface area contributed by atoms with Crippen LogP contribution in [0.5, 0.6) is 0 Å². The molecule has 1 aromatic heterocycles. The van der Waals surface area contributed by atoms with Crippen LogP contribution >= 0.6 is 11.6 Å². The molecular weight excluding hydrogens is 270 g/mol. The summed E-state index contributed by atoms with van der Waals surface area (Å²) in [5.74, 6) is 0. The van der Waals surface area contributed by atoms with E-state index in [1.54, 1.807) is 12.1 Å². The Labute approximate surface area is 122 Å². The third-order valence-corrected chi connectivity index (χ3v) is 3.53. The number of aliphatic hydroxyl groups is 1. The number of nitrogens with zero attached hydrogens (tertiary/aromatic N) is 1. The largest absolute Gasteiger partial charge is 0.388 e. The number of aromatic nitrogens is 1. The Morgan fingerprint density at radius 3 is 2.70 bits per heavy atom. The second kappa shape index (κ2) is 5.61. The number of pyridine rings is 1. The average molecular weight is 284 g/mol. The first-order chi connectivity index (χ1) is 9.72. The van der Waals surface area contributed by atoms with Gasteiger partial charge in [0.05, 0.1) is 11.6 Å². The van der Waals surface area contributed by atoms with E-state index in [1.165, 1.54) is 0 Å². The maximum atomic E-state index is 10.3. The molecular formula is C17H14ClNO. The van der Waals surface area contributed by atoms with Crippen LogP contribution < -0.4 is 0 Å². The Bertz CT molecular complexity index is 742. The quantitative estimate of drug-likeness (QED) is 0.783. The van der Waals surface area contributed by atoms with Gasteiger partial charge in [0.25, 0.3) is 0 Å². The first-order valence-electron chi connectivity index (χ1n) is 6.50. The molecule has 0 amide bonds. The highest BCUT2D eigenvalue weighted by molar-refractivity contribution is 6.30. The van der Waals surface area contributed by atoms with Gasteiger partial charge in [-0.2, -0.15) is 0 Å². The van der Waals surface area contributed by atoms with E-state index in [9.17, 15) is 5.11 Å². The van der Waals surface area contributed by atoms with Gasteiger partial charge in [0.2, 0.25) is 0 Å². The Balaban J connectivity index is 1.85. The highest BCUT2D eigenvalue weighted by Gasteiger charge is 2.10. The van der Waals surface area contributed by atoms with Gasteiger partial charge in [0.1, 0.15) is 0 Å². The highest BCUT2D eigenvalue weighted by atomic mass is 35.5. The fraction of sp³-hybridized carbons (Fsp3) is 0.118. The van der Waals surface area contributed by atoms with Crippen LogP contribution in [0.15, 0.2) is 60.7 Å². The molecule has 0 fully saturated rings. The van der Waals surface area contributed by atoms with E-state index >= 15 is 0 Å². The lowest BCUT2D eigenvalue weighted by molar-refractivity contribution is 0.177. The van der Waals surface area contributed by atoms with Crippen molar-refractivity contribution < 1.29 is 5.11 Å². The Kier molecular flexibility index (Phi) is 3.68. The van der Waals surface area contributed by atoms with Crippen molar-refractivity contribution >= 4 is 22.5 Å². The number of halogens is 1. The third kappa shape index (κ3) is 2.82. The maximum absolute atomic E-state index is 10.3. The van der Waals surface area contributed by atoms with Gasteiger partial charge in [-0.3, -0.25) is 4.98 Å². The summed E-state index contributed by atoms with van der Waals surface area (Å²) < 4.78 is 0. The van der Waals surface area contributed by atoms with Crippen molar-refractivity contribution in [2.45, 2.75) is 12.5 Å². The summed E-state index contributed by atoms with van der Waals surface area (Å²) in [5.41, 5.74) is 2.63. The SMILES string of the molecule is OC(Cc1ccc2ccccc2n1)c1cccc(Cl)c1. The summed E-state index contributed by atoms with van der Waals surface area (Å²) in [6, 6.07) is 19.2. The van der Waals surface area contributed by atoms with Gasteiger partial charge < -0.3 is 5.11 Å². The molecule has 100 valence electrons. The van der Waals surface area contributed by atoms with Crippen LogP contribution in [0.4, 0.5) is 0 Å². The topological polar surface area (TPSA) is 33.1 Å². The standard InChI is InChI=1S/C17H14ClNO/c18-14-6-3-5-13(10-14)17(20)11-15-9-8-12-4-1-2-7-16(12)19-15/h1-10,17,20H,11H2. The Morgan fingerprint density at radius 2 is 1.85 bits per heavy atom. The average Bonchev–Trinajstić information content (AvgIpc) is 2.47. The van der Waals surface area contributed by atoms with Gasteiger partial charge in [0.15, 0.2) is 0 Å². The lowest BCUT2D eigenvalue weighted by Gasteiger charge is -2.11. The normalized spacial score (nSPS) is 12.5. The van der Waals surface area contributed by atoms with E-state index in [0.29, 0.717) is 11.4 Å². The van der Waals surface area contributed by atoms with E-state index in [2.05, 4.69) is 4.98 Å². The number of rotatable bonds is 3. The number of aliphatic hydroxyl groups excluding tert-OH is 1. The van der Waals surface area contributed by atoms with Crippen LogP contribution in [0.3, 0.4) is 0 Å². The van der Waals surface area contributed by atoms with Crippen LogP contribution in [0.2, 0.25) is 5.02 Å².